The molecule has 3 aromatic carbocycles. The van der Waals surface area contributed by atoms with Crippen molar-refractivity contribution in [3.05, 3.63) is 95.9 Å². The van der Waals surface area contributed by atoms with Crippen LogP contribution in [-0.2, 0) is 9.59 Å². The lowest BCUT2D eigenvalue weighted by Crippen LogP contribution is -2.31. The summed E-state index contributed by atoms with van der Waals surface area (Å²) in [5.41, 5.74) is 2.27. The van der Waals surface area contributed by atoms with Crippen molar-refractivity contribution in [2.75, 3.05) is 22.2 Å². The molecule has 166 valence electrons. The number of amides is 2. The molecule has 5 nitrogen and oxygen atoms in total. The van der Waals surface area contributed by atoms with Gasteiger partial charge in [0.1, 0.15) is 11.5 Å². The fourth-order valence-corrected chi connectivity index (χ4v) is 4.42. The monoisotopic (exact) mass is 477 g/mol. The van der Waals surface area contributed by atoms with Crippen LogP contribution in [0.4, 0.5) is 15.8 Å². The van der Waals surface area contributed by atoms with Gasteiger partial charge in [-0.2, -0.15) is 0 Å². The van der Waals surface area contributed by atoms with Gasteiger partial charge in [-0.05, 0) is 60.4 Å². The minimum Gasteiger partial charge on any atom is -0.325 e. The number of thioether (sulfide) groups is 2. The first-order valence-corrected chi connectivity index (χ1v) is 12.3. The fraction of sp³-hybridized carbons (Fsp3) is 0.0800. The van der Waals surface area contributed by atoms with Crippen molar-refractivity contribution >= 4 is 58.0 Å². The van der Waals surface area contributed by atoms with Crippen molar-refractivity contribution in [1.29, 1.82) is 0 Å². The Kier molecular flexibility index (Phi) is 7.26. The predicted molar refractivity (Wildman–Crippen MR) is 135 cm³/mol. The lowest BCUT2D eigenvalue weighted by molar-refractivity contribution is -0.114. The number of rotatable bonds is 6. The molecule has 4 rings (SSSR count). The van der Waals surface area contributed by atoms with E-state index in [1.165, 1.54) is 29.2 Å². The summed E-state index contributed by atoms with van der Waals surface area (Å²) in [4.78, 5) is 32.6. The molecule has 1 heterocycles. The Morgan fingerprint density at radius 3 is 2.55 bits per heavy atom. The lowest BCUT2D eigenvalue weighted by atomic mass is 10.2. The highest BCUT2D eigenvalue weighted by atomic mass is 32.2. The maximum atomic E-state index is 13.4. The number of hydrogen-bond donors (Lipinski definition) is 1. The smallest absolute Gasteiger partial charge is 0.283 e. The van der Waals surface area contributed by atoms with Crippen molar-refractivity contribution in [3.8, 4) is 0 Å². The summed E-state index contributed by atoms with van der Waals surface area (Å²) < 4.78 is 13.4. The molecule has 3 aromatic rings. The third-order valence-electron chi connectivity index (χ3n) is 4.70. The number of anilines is 2. The summed E-state index contributed by atoms with van der Waals surface area (Å²) in [6.07, 6.45) is 3.66. The number of halogens is 1. The van der Waals surface area contributed by atoms with Gasteiger partial charge in [-0.3, -0.25) is 14.5 Å². The third kappa shape index (κ3) is 5.71. The Balaban J connectivity index is 1.54. The topological polar surface area (TPSA) is 61.8 Å². The number of carbonyl (C=O) groups excluding carboxylic acids is 2. The van der Waals surface area contributed by atoms with Crippen molar-refractivity contribution in [2.24, 2.45) is 4.99 Å². The normalized spacial score (nSPS) is 14.5. The highest BCUT2D eigenvalue weighted by Crippen LogP contribution is 2.30. The summed E-state index contributed by atoms with van der Waals surface area (Å²) >= 11 is 2.74. The molecule has 0 saturated heterocycles. The molecule has 1 aliphatic heterocycles. The predicted octanol–water partition coefficient (Wildman–Crippen LogP) is 5.66. The molecule has 0 fully saturated rings. The molecule has 8 heteroatoms. The van der Waals surface area contributed by atoms with E-state index in [0.29, 0.717) is 16.5 Å². The molecule has 0 saturated carbocycles. The number of hydrogen-bond acceptors (Lipinski definition) is 5. The number of amidine groups is 1. The molecule has 0 spiro atoms. The molecule has 0 aromatic heterocycles. The number of carbonyl (C=O) groups is 2. The van der Waals surface area contributed by atoms with E-state index in [4.69, 9.17) is 0 Å². The van der Waals surface area contributed by atoms with Gasteiger partial charge >= 0.3 is 0 Å². The molecule has 0 unspecified atom stereocenters. The van der Waals surface area contributed by atoms with E-state index in [0.717, 1.165) is 22.2 Å². The molecular formula is C25H20FN3O2S2. The van der Waals surface area contributed by atoms with E-state index in [1.807, 2.05) is 60.9 Å². The second kappa shape index (κ2) is 10.5. The Morgan fingerprint density at radius 1 is 1.06 bits per heavy atom. The van der Waals surface area contributed by atoms with Crippen LogP contribution >= 0.6 is 23.5 Å². The summed E-state index contributed by atoms with van der Waals surface area (Å²) in [6, 6.07) is 22.6. The first-order chi connectivity index (χ1) is 16.0. The molecule has 0 atom stereocenters. The molecule has 0 bridgehead atoms. The zero-order chi connectivity index (χ0) is 23.2. The largest absolute Gasteiger partial charge is 0.325 e. The van der Waals surface area contributed by atoms with Crippen LogP contribution in [0.15, 0.2) is 94.4 Å². The highest BCUT2D eigenvalue weighted by Gasteiger charge is 2.32. The van der Waals surface area contributed by atoms with Gasteiger partial charge in [-0.1, -0.05) is 48.2 Å². The molecule has 0 aliphatic carbocycles. The maximum absolute atomic E-state index is 13.4. The first-order valence-electron chi connectivity index (χ1n) is 10.1. The van der Waals surface area contributed by atoms with Gasteiger partial charge in [0.05, 0.1) is 11.4 Å². The Morgan fingerprint density at radius 2 is 1.82 bits per heavy atom. The van der Waals surface area contributed by atoms with Gasteiger partial charge in [0.15, 0.2) is 5.17 Å². The van der Waals surface area contributed by atoms with E-state index in [-0.39, 0.29) is 23.3 Å². The number of nitrogens with one attached hydrogen (secondary N) is 1. The number of nitrogens with zero attached hydrogens (tertiary/aromatic N) is 2. The van der Waals surface area contributed by atoms with Crippen molar-refractivity contribution < 1.29 is 14.0 Å². The quantitative estimate of drug-likeness (QED) is 0.367. The van der Waals surface area contributed by atoms with Gasteiger partial charge in [-0.25, -0.2) is 9.38 Å². The molecule has 0 radical (unpaired) electrons. The second-order valence-electron chi connectivity index (χ2n) is 7.02. The van der Waals surface area contributed by atoms with E-state index in [1.54, 1.807) is 17.8 Å². The van der Waals surface area contributed by atoms with Gasteiger partial charge in [0.25, 0.3) is 5.91 Å². The van der Waals surface area contributed by atoms with E-state index in [9.17, 15) is 14.0 Å². The van der Waals surface area contributed by atoms with Crippen LogP contribution in [-0.4, -0.2) is 29.0 Å². The second-order valence-corrected chi connectivity index (χ2v) is 8.84. The van der Waals surface area contributed by atoms with Crippen LogP contribution in [0.3, 0.4) is 0 Å². The summed E-state index contributed by atoms with van der Waals surface area (Å²) in [6.45, 7) is 0. The van der Waals surface area contributed by atoms with Crippen LogP contribution in [0.1, 0.15) is 5.56 Å². The highest BCUT2D eigenvalue weighted by molar-refractivity contribution is 8.14. The summed E-state index contributed by atoms with van der Waals surface area (Å²) in [5.74, 6) is -0.885. The average molecular weight is 478 g/mol. The number of benzene rings is 3. The van der Waals surface area contributed by atoms with Crippen molar-refractivity contribution in [3.63, 3.8) is 0 Å². The maximum Gasteiger partial charge on any atom is 0.283 e. The zero-order valence-corrected chi connectivity index (χ0v) is 19.3. The molecule has 1 aliphatic rings. The zero-order valence-electron chi connectivity index (χ0n) is 17.7. The lowest BCUT2D eigenvalue weighted by Gasteiger charge is -2.17. The third-order valence-corrected chi connectivity index (χ3v) is 6.37. The fourth-order valence-electron chi connectivity index (χ4n) is 3.15. The van der Waals surface area contributed by atoms with E-state index < -0.39 is 5.82 Å². The Bertz CT molecular complexity index is 1230. The average Bonchev–Trinajstić information content (AvgIpc) is 3.14. The van der Waals surface area contributed by atoms with Crippen LogP contribution < -0.4 is 10.2 Å². The summed E-state index contributed by atoms with van der Waals surface area (Å²) in [5, 5.41) is 3.23. The van der Waals surface area contributed by atoms with E-state index >= 15 is 0 Å². The SMILES string of the molecule is CSc1cccc(NC(=O)CSC2=NC(=Cc3ccccc3)C(=O)N2c2ccc(F)cc2)c1. The van der Waals surface area contributed by atoms with Crippen molar-refractivity contribution in [2.45, 2.75) is 4.90 Å². The van der Waals surface area contributed by atoms with Gasteiger partial charge in [0.2, 0.25) is 5.91 Å². The van der Waals surface area contributed by atoms with Crippen LogP contribution in [0.5, 0.6) is 0 Å². The summed E-state index contributed by atoms with van der Waals surface area (Å²) in [7, 11) is 0. The van der Waals surface area contributed by atoms with Gasteiger partial charge < -0.3 is 5.32 Å². The van der Waals surface area contributed by atoms with Crippen LogP contribution in [0.2, 0.25) is 0 Å². The first kappa shape index (κ1) is 22.8. The minimum atomic E-state index is -0.400. The minimum absolute atomic E-state index is 0.0614. The Hall–Kier alpha value is -3.36. The van der Waals surface area contributed by atoms with Crippen molar-refractivity contribution in [1.82, 2.24) is 0 Å². The Labute approximate surface area is 199 Å². The molecule has 1 N–H and O–H groups in total. The molecular weight excluding hydrogens is 457 g/mol. The molecule has 2 amide bonds. The van der Waals surface area contributed by atoms with E-state index in [2.05, 4.69) is 10.3 Å². The van der Waals surface area contributed by atoms with Crippen LogP contribution in [0, 0.1) is 5.82 Å². The van der Waals surface area contributed by atoms with Crippen LogP contribution in [0.25, 0.3) is 6.08 Å². The number of aliphatic imine (C=N–C) groups is 1. The van der Waals surface area contributed by atoms with Gasteiger partial charge in [0, 0.05) is 10.6 Å². The standard InChI is InChI=1S/C25H20FN3O2S2/c1-32-21-9-5-8-19(15-21)27-23(30)16-33-25-28-22(14-17-6-3-2-4-7-17)24(31)29(25)20-12-10-18(26)11-13-20/h2-15H,16H2,1H3,(H,27,30). The van der Waals surface area contributed by atoms with Gasteiger partial charge in [-0.15, -0.1) is 11.8 Å². The molecule has 33 heavy (non-hydrogen) atoms.